The van der Waals surface area contributed by atoms with Crippen molar-refractivity contribution in [2.75, 3.05) is 12.0 Å². The molecule has 220 valence electrons. The Bertz CT molecular complexity index is 985. The lowest BCUT2D eigenvalue weighted by molar-refractivity contribution is -0.149. The van der Waals surface area contributed by atoms with Gasteiger partial charge in [0.2, 0.25) is 11.8 Å². The van der Waals surface area contributed by atoms with Crippen LogP contribution in [0.2, 0.25) is 0 Å². The largest absolute Gasteiger partial charge is 0.508 e. The minimum atomic E-state index is -0.939. The van der Waals surface area contributed by atoms with Gasteiger partial charge in [0, 0.05) is 11.6 Å². The number of rotatable bonds is 11. The van der Waals surface area contributed by atoms with E-state index >= 15 is 0 Å². The van der Waals surface area contributed by atoms with Gasteiger partial charge in [0.1, 0.15) is 23.4 Å². The van der Waals surface area contributed by atoms with E-state index in [1.807, 2.05) is 27.0 Å². The summed E-state index contributed by atoms with van der Waals surface area (Å²) in [7, 11) is 0. The smallest absolute Gasteiger partial charge is 0.408 e. The van der Waals surface area contributed by atoms with E-state index in [2.05, 4.69) is 10.6 Å². The number of phenols is 1. The molecule has 3 N–H and O–H groups in total. The molecular formula is C30H49N3O5S. The molecular weight excluding hydrogens is 514 g/mol. The second kappa shape index (κ2) is 14.3. The summed E-state index contributed by atoms with van der Waals surface area (Å²) in [5.41, 5.74) is -0.194. The van der Waals surface area contributed by atoms with Crippen molar-refractivity contribution < 1.29 is 24.2 Å². The SMILES string of the molecule is CCC(C)(C)N(C(=O)C(CCSC)NC(=O)OC(C)(C)C)C(C(=O)NC1CCCCC1)c1ccc(O)c(C)c1. The van der Waals surface area contributed by atoms with Crippen LogP contribution in [0.15, 0.2) is 18.2 Å². The number of amides is 3. The van der Waals surface area contributed by atoms with Crippen LogP contribution < -0.4 is 10.6 Å². The zero-order chi connectivity index (χ0) is 29.4. The van der Waals surface area contributed by atoms with Crippen LogP contribution in [0.5, 0.6) is 5.75 Å². The number of aryl methyl sites for hydroxylation is 1. The quantitative estimate of drug-likeness (QED) is 0.312. The maximum Gasteiger partial charge on any atom is 0.408 e. The van der Waals surface area contributed by atoms with Gasteiger partial charge in [-0.3, -0.25) is 9.59 Å². The van der Waals surface area contributed by atoms with E-state index in [-0.39, 0.29) is 23.6 Å². The number of aromatic hydroxyl groups is 1. The molecule has 0 saturated heterocycles. The normalized spacial score (nSPS) is 16.2. The number of hydrogen-bond donors (Lipinski definition) is 3. The third-order valence-electron chi connectivity index (χ3n) is 7.35. The van der Waals surface area contributed by atoms with E-state index in [4.69, 9.17) is 4.74 Å². The number of benzene rings is 1. The first-order valence-electron chi connectivity index (χ1n) is 14.1. The molecule has 0 radical (unpaired) electrons. The number of carbonyl (C=O) groups is 3. The number of thioether (sulfide) groups is 1. The molecule has 9 heteroatoms. The average molecular weight is 564 g/mol. The summed E-state index contributed by atoms with van der Waals surface area (Å²) in [5, 5.41) is 16.2. The number of alkyl carbamates (subject to hydrolysis) is 1. The second-order valence-electron chi connectivity index (χ2n) is 12.1. The van der Waals surface area contributed by atoms with Gasteiger partial charge in [0.05, 0.1) is 0 Å². The van der Waals surface area contributed by atoms with Crippen LogP contribution in [0.4, 0.5) is 4.79 Å². The van der Waals surface area contributed by atoms with E-state index in [9.17, 15) is 19.5 Å². The summed E-state index contributed by atoms with van der Waals surface area (Å²) in [5.74, 6) is 0.186. The Hall–Kier alpha value is -2.42. The lowest BCUT2D eigenvalue weighted by Crippen LogP contribution is -2.60. The number of hydrogen-bond acceptors (Lipinski definition) is 6. The summed E-state index contributed by atoms with van der Waals surface area (Å²) < 4.78 is 5.48. The van der Waals surface area contributed by atoms with Gasteiger partial charge in [-0.05, 0) is 102 Å². The molecule has 1 aromatic carbocycles. The molecule has 1 saturated carbocycles. The van der Waals surface area contributed by atoms with Gasteiger partial charge in [0.15, 0.2) is 0 Å². The van der Waals surface area contributed by atoms with Crippen molar-refractivity contribution in [3.05, 3.63) is 29.3 Å². The highest BCUT2D eigenvalue weighted by Crippen LogP contribution is 2.34. The standard InChI is InChI=1S/C30H49N3O5S/c1-9-30(6,7)33(27(36)23(17-18-39-8)32-28(37)38-29(3,4)5)25(21-15-16-24(34)20(2)19-21)26(35)31-22-13-11-10-12-14-22/h15-16,19,22-23,25,34H,9-14,17-18H2,1-8H3,(H,31,35)(H,32,37). The molecule has 0 aliphatic heterocycles. The molecule has 2 rings (SSSR count). The van der Waals surface area contributed by atoms with Gasteiger partial charge in [-0.1, -0.05) is 32.3 Å². The maximum atomic E-state index is 14.4. The molecule has 1 fully saturated rings. The Labute approximate surface area is 239 Å². The highest BCUT2D eigenvalue weighted by molar-refractivity contribution is 7.98. The van der Waals surface area contributed by atoms with E-state index in [1.165, 1.54) is 0 Å². The van der Waals surface area contributed by atoms with Crippen molar-refractivity contribution in [2.24, 2.45) is 0 Å². The molecule has 0 spiro atoms. The summed E-state index contributed by atoms with van der Waals surface area (Å²) in [6, 6.07) is 3.28. The molecule has 8 nitrogen and oxygen atoms in total. The van der Waals surface area contributed by atoms with Gasteiger partial charge < -0.3 is 25.4 Å². The molecule has 1 aliphatic carbocycles. The minimum absolute atomic E-state index is 0.0563. The summed E-state index contributed by atoms with van der Waals surface area (Å²) in [4.78, 5) is 42.9. The molecule has 0 bridgehead atoms. The van der Waals surface area contributed by atoms with Crippen molar-refractivity contribution in [1.29, 1.82) is 0 Å². The maximum absolute atomic E-state index is 14.4. The van der Waals surface area contributed by atoms with Crippen molar-refractivity contribution in [3.63, 3.8) is 0 Å². The first-order valence-corrected chi connectivity index (χ1v) is 15.5. The number of nitrogens with one attached hydrogen (secondary N) is 2. The van der Waals surface area contributed by atoms with E-state index in [0.717, 1.165) is 32.1 Å². The Morgan fingerprint density at radius 2 is 1.77 bits per heavy atom. The zero-order valence-corrected chi connectivity index (χ0v) is 25.9. The fraction of sp³-hybridized carbons (Fsp3) is 0.700. The van der Waals surface area contributed by atoms with Crippen LogP contribution >= 0.6 is 11.8 Å². The zero-order valence-electron chi connectivity index (χ0n) is 25.1. The summed E-state index contributed by atoms with van der Waals surface area (Å²) in [6.07, 6.45) is 7.37. The number of nitrogens with zero attached hydrogens (tertiary/aromatic N) is 1. The third-order valence-corrected chi connectivity index (χ3v) is 7.99. The van der Waals surface area contributed by atoms with Crippen molar-refractivity contribution in [2.45, 2.75) is 123 Å². The Morgan fingerprint density at radius 1 is 1.13 bits per heavy atom. The molecule has 39 heavy (non-hydrogen) atoms. The lowest BCUT2D eigenvalue weighted by Gasteiger charge is -2.45. The summed E-state index contributed by atoms with van der Waals surface area (Å²) in [6.45, 7) is 13.0. The number of phenolic OH excluding ortho intramolecular Hbond substituents is 1. The van der Waals surface area contributed by atoms with Crippen LogP contribution in [0, 0.1) is 6.92 Å². The second-order valence-corrected chi connectivity index (χ2v) is 13.1. The van der Waals surface area contributed by atoms with Crippen molar-refractivity contribution >= 4 is 29.7 Å². The first kappa shape index (κ1) is 32.8. The van der Waals surface area contributed by atoms with Crippen molar-refractivity contribution in [3.8, 4) is 5.75 Å². The van der Waals surface area contributed by atoms with E-state index in [1.54, 1.807) is 62.6 Å². The van der Waals surface area contributed by atoms with Gasteiger partial charge in [-0.2, -0.15) is 11.8 Å². The van der Waals surface area contributed by atoms with Gasteiger partial charge in [-0.15, -0.1) is 0 Å². The van der Waals surface area contributed by atoms with E-state index < -0.39 is 29.3 Å². The molecule has 1 aliphatic rings. The van der Waals surface area contributed by atoms with E-state index in [0.29, 0.717) is 29.7 Å². The van der Waals surface area contributed by atoms with Gasteiger partial charge in [-0.25, -0.2) is 4.79 Å². The highest BCUT2D eigenvalue weighted by Gasteiger charge is 2.43. The predicted molar refractivity (Wildman–Crippen MR) is 158 cm³/mol. The average Bonchev–Trinajstić information content (AvgIpc) is 2.85. The molecule has 3 amide bonds. The van der Waals surface area contributed by atoms with Crippen LogP contribution in [0.1, 0.15) is 104 Å². The van der Waals surface area contributed by atoms with Crippen LogP contribution in [0.3, 0.4) is 0 Å². The Morgan fingerprint density at radius 3 is 2.31 bits per heavy atom. The Balaban J connectivity index is 2.58. The first-order chi connectivity index (χ1) is 18.2. The topological polar surface area (TPSA) is 108 Å². The van der Waals surface area contributed by atoms with Gasteiger partial charge in [0.25, 0.3) is 0 Å². The summed E-state index contributed by atoms with van der Waals surface area (Å²) >= 11 is 1.58. The highest BCUT2D eigenvalue weighted by atomic mass is 32.2. The monoisotopic (exact) mass is 563 g/mol. The number of carbonyl (C=O) groups excluding carboxylic acids is 3. The minimum Gasteiger partial charge on any atom is -0.508 e. The van der Waals surface area contributed by atoms with Crippen LogP contribution in [-0.4, -0.2) is 63.1 Å². The van der Waals surface area contributed by atoms with Gasteiger partial charge >= 0.3 is 6.09 Å². The van der Waals surface area contributed by atoms with Crippen LogP contribution in [-0.2, 0) is 14.3 Å². The fourth-order valence-corrected chi connectivity index (χ4v) is 5.32. The lowest BCUT2D eigenvalue weighted by atomic mass is 9.90. The van der Waals surface area contributed by atoms with Crippen molar-refractivity contribution in [1.82, 2.24) is 15.5 Å². The molecule has 0 aromatic heterocycles. The molecule has 2 unspecified atom stereocenters. The molecule has 0 heterocycles. The Kier molecular flexibility index (Phi) is 12.0. The fourth-order valence-electron chi connectivity index (χ4n) is 4.85. The molecule has 1 aromatic rings. The third kappa shape index (κ3) is 9.62. The number of ether oxygens (including phenoxy) is 1. The van der Waals surface area contributed by atoms with Crippen LogP contribution in [0.25, 0.3) is 0 Å². The predicted octanol–water partition coefficient (Wildman–Crippen LogP) is 5.85. The molecule has 2 atom stereocenters.